The minimum atomic E-state index is 0.863. The quantitative estimate of drug-likeness (QED) is 0.622. The Hall–Kier alpha value is -2.06. The highest BCUT2D eigenvalue weighted by atomic mass is 32.1. The topological polar surface area (TPSA) is 9.23 Å². The monoisotopic (exact) mass is 252 g/mol. The van der Waals surface area contributed by atoms with Crippen LogP contribution >= 0.6 is 11.3 Å². The minimum Gasteiger partial charge on any atom is -0.457 e. The van der Waals surface area contributed by atoms with E-state index in [1.807, 2.05) is 48.5 Å². The van der Waals surface area contributed by atoms with E-state index in [4.69, 9.17) is 4.74 Å². The fraction of sp³-hybridized carbons (Fsp3) is 0. The summed E-state index contributed by atoms with van der Waals surface area (Å²) in [6.45, 7) is 0. The van der Waals surface area contributed by atoms with Crippen molar-refractivity contribution in [3.8, 4) is 21.9 Å². The standard InChI is InChI=1S/C16H12OS/c1-2-7-13(8-3-1)17-15-10-5-4-9-14(15)16-11-6-12-18-16/h1-12H. The molecule has 18 heavy (non-hydrogen) atoms. The summed E-state index contributed by atoms with van der Waals surface area (Å²) >= 11 is 1.72. The normalized spacial score (nSPS) is 10.2. The van der Waals surface area contributed by atoms with Gasteiger partial charge in [-0.3, -0.25) is 0 Å². The number of ether oxygens (including phenoxy) is 1. The molecule has 1 aromatic heterocycles. The zero-order chi connectivity index (χ0) is 12.2. The van der Waals surface area contributed by atoms with Crippen molar-refractivity contribution in [3.63, 3.8) is 0 Å². The van der Waals surface area contributed by atoms with Gasteiger partial charge in [0.15, 0.2) is 0 Å². The van der Waals surface area contributed by atoms with Crippen LogP contribution in [0.1, 0.15) is 0 Å². The molecule has 3 rings (SSSR count). The van der Waals surface area contributed by atoms with Gasteiger partial charge in [0.1, 0.15) is 11.5 Å². The summed E-state index contributed by atoms with van der Waals surface area (Å²) in [7, 11) is 0. The molecule has 0 bridgehead atoms. The number of rotatable bonds is 3. The molecule has 0 saturated carbocycles. The lowest BCUT2D eigenvalue weighted by atomic mass is 10.1. The van der Waals surface area contributed by atoms with Crippen molar-refractivity contribution in [2.24, 2.45) is 0 Å². The first-order valence-corrected chi connectivity index (χ1v) is 6.67. The van der Waals surface area contributed by atoms with E-state index in [1.54, 1.807) is 11.3 Å². The molecule has 0 atom stereocenters. The first kappa shape index (κ1) is 11.1. The molecule has 0 aliphatic carbocycles. The average Bonchev–Trinajstić information content (AvgIpc) is 2.94. The van der Waals surface area contributed by atoms with Gasteiger partial charge in [0, 0.05) is 10.4 Å². The molecular weight excluding hydrogens is 240 g/mol. The van der Waals surface area contributed by atoms with E-state index in [2.05, 4.69) is 23.6 Å². The lowest BCUT2D eigenvalue weighted by Gasteiger charge is -2.09. The van der Waals surface area contributed by atoms with Gasteiger partial charge in [0.05, 0.1) is 0 Å². The summed E-state index contributed by atoms with van der Waals surface area (Å²) in [5, 5.41) is 2.08. The molecule has 0 aliphatic heterocycles. The Balaban J connectivity index is 1.98. The second kappa shape index (κ2) is 5.07. The van der Waals surface area contributed by atoms with E-state index in [1.165, 1.54) is 4.88 Å². The summed E-state index contributed by atoms with van der Waals surface area (Å²) in [5.41, 5.74) is 1.14. The highest BCUT2D eigenvalue weighted by Crippen LogP contribution is 2.35. The van der Waals surface area contributed by atoms with Crippen molar-refractivity contribution < 1.29 is 4.74 Å². The summed E-state index contributed by atoms with van der Waals surface area (Å²) in [4.78, 5) is 1.22. The maximum atomic E-state index is 5.94. The van der Waals surface area contributed by atoms with Gasteiger partial charge in [-0.25, -0.2) is 0 Å². The van der Waals surface area contributed by atoms with Crippen LogP contribution in [0.15, 0.2) is 72.1 Å². The van der Waals surface area contributed by atoms with Crippen molar-refractivity contribution >= 4 is 11.3 Å². The van der Waals surface area contributed by atoms with Gasteiger partial charge >= 0.3 is 0 Å². The maximum Gasteiger partial charge on any atom is 0.136 e. The Labute approximate surface area is 110 Å². The molecule has 0 spiro atoms. The number of benzene rings is 2. The highest BCUT2D eigenvalue weighted by Gasteiger charge is 2.07. The third kappa shape index (κ3) is 2.29. The van der Waals surface area contributed by atoms with Gasteiger partial charge in [-0.1, -0.05) is 36.4 Å². The molecule has 3 aromatic rings. The number of hydrogen-bond donors (Lipinski definition) is 0. The number of para-hydroxylation sites is 2. The van der Waals surface area contributed by atoms with Gasteiger partial charge in [0.25, 0.3) is 0 Å². The van der Waals surface area contributed by atoms with Crippen LogP contribution in [0, 0.1) is 0 Å². The van der Waals surface area contributed by atoms with E-state index in [0.717, 1.165) is 17.1 Å². The lowest BCUT2D eigenvalue weighted by molar-refractivity contribution is 0.484. The van der Waals surface area contributed by atoms with Crippen molar-refractivity contribution in [3.05, 3.63) is 72.1 Å². The Morgan fingerprint density at radius 2 is 1.50 bits per heavy atom. The van der Waals surface area contributed by atoms with Crippen LogP contribution in [0.3, 0.4) is 0 Å². The van der Waals surface area contributed by atoms with E-state index in [0.29, 0.717) is 0 Å². The van der Waals surface area contributed by atoms with Crippen LogP contribution in [0.5, 0.6) is 11.5 Å². The van der Waals surface area contributed by atoms with Crippen LogP contribution in [-0.4, -0.2) is 0 Å². The van der Waals surface area contributed by atoms with Crippen molar-refractivity contribution in [1.82, 2.24) is 0 Å². The fourth-order valence-corrected chi connectivity index (χ4v) is 2.56. The second-order valence-electron chi connectivity index (χ2n) is 3.89. The van der Waals surface area contributed by atoms with Gasteiger partial charge in [-0.15, -0.1) is 11.3 Å². The average molecular weight is 252 g/mol. The van der Waals surface area contributed by atoms with Gasteiger partial charge in [-0.2, -0.15) is 0 Å². The van der Waals surface area contributed by atoms with E-state index in [-0.39, 0.29) is 0 Å². The molecule has 0 unspecified atom stereocenters. The molecule has 0 radical (unpaired) electrons. The highest BCUT2D eigenvalue weighted by molar-refractivity contribution is 7.13. The summed E-state index contributed by atoms with van der Waals surface area (Å²) < 4.78 is 5.94. The zero-order valence-electron chi connectivity index (χ0n) is 9.74. The molecule has 0 aliphatic rings. The predicted molar refractivity (Wildman–Crippen MR) is 76.3 cm³/mol. The Bertz CT molecular complexity index is 615. The van der Waals surface area contributed by atoms with Crippen LogP contribution < -0.4 is 4.74 Å². The fourth-order valence-electron chi connectivity index (χ4n) is 1.81. The smallest absolute Gasteiger partial charge is 0.136 e. The predicted octanol–water partition coefficient (Wildman–Crippen LogP) is 5.21. The third-order valence-corrected chi connectivity index (χ3v) is 3.55. The lowest BCUT2D eigenvalue weighted by Crippen LogP contribution is -1.86. The Morgan fingerprint density at radius 1 is 0.722 bits per heavy atom. The first-order valence-electron chi connectivity index (χ1n) is 5.79. The molecule has 0 N–H and O–H groups in total. The maximum absolute atomic E-state index is 5.94. The van der Waals surface area contributed by atoms with Crippen molar-refractivity contribution in [2.45, 2.75) is 0 Å². The van der Waals surface area contributed by atoms with Crippen LogP contribution in [-0.2, 0) is 0 Å². The molecule has 1 heterocycles. The summed E-state index contributed by atoms with van der Waals surface area (Å²) in [6.07, 6.45) is 0. The van der Waals surface area contributed by atoms with Crippen LogP contribution in [0.25, 0.3) is 10.4 Å². The molecule has 1 nitrogen and oxygen atoms in total. The van der Waals surface area contributed by atoms with Crippen molar-refractivity contribution in [1.29, 1.82) is 0 Å². The summed E-state index contributed by atoms with van der Waals surface area (Å²) in [6, 6.07) is 22.1. The Kier molecular flexibility index (Phi) is 3.11. The first-order chi connectivity index (χ1) is 8.93. The van der Waals surface area contributed by atoms with Gasteiger partial charge in [-0.05, 0) is 35.7 Å². The van der Waals surface area contributed by atoms with Gasteiger partial charge in [0.2, 0.25) is 0 Å². The second-order valence-corrected chi connectivity index (χ2v) is 4.84. The number of thiophene rings is 1. The molecule has 0 amide bonds. The minimum absolute atomic E-state index is 0.863. The zero-order valence-corrected chi connectivity index (χ0v) is 10.6. The Morgan fingerprint density at radius 3 is 2.28 bits per heavy atom. The third-order valence-electron chi connectivity index (χ3n) is 2.64. The van der Waals surface area contributed by atoms with Gasteiger partial charge < -0.3 is 4.74 Å². The molecule has 2 aromatic carbocycles. The molecular formula is C16H12OS. The van der Waals surface area contributed by atoms with Crippen molar-refractivity contribution in [2.75, 3.05) is 0 Å². The number of hydrogen-bond acceptors (Lipinski definition) is 2. The summed E-state index contributed by atoms with van der Waals surface area (Å²) in [5.74, 6) is 1.76. The SMILES string of the molecule is c1ccc(Oc2ccccc2-c2cccs2)cc1. The van der Waals surface area contributed by atoms with E-state index < -0.39 is 0 Å². The van der Waals surface area contributed by atoms with E-state index >= 15 is 0 Å². The van der Waals surface area contributed by atoms with E-state index in [9.17, 15) is 0 Å². The molecule has 88 valence electrons. The molecule has 0 saturated heterocycles. The molecule has 0 fully saturated rings. The van der Waals surface area contributed by atoms with Crippen LogP contribution in [0.4, 0.5) is 0 Å². The van der Waals surface area contributed by atoms with Crippen LogP contribution in [0.2, 0.25) is 0 Å². The largest absolute Gasteiger partial charge is 0.457 e. The molecule has 2 heteroatoms.